The van der Waals surface area contributed by atoms with Crippen LogP contribution in [0.5, 0.6) is 6.01 Å². The lowest BCUT2D eigenvalue weighted by Gasteiger charge is -2.08. The second-order valence-corrected chi connectivity index (χ2v) is 7.72. The Balaban J connectivity index is 2.68. The zero-order chi connectivity index (χ0) is 17.9. The van der Waals surface area contributed by atoms with E-state index in [0.717, 1.165) is 0 Å². The van der Waals surface area contributed by atoms with E-state index in [9.17, 15) is 14.2 Å². The number of carbonyl (C=O) groups excluding carboxylic acids is 2. The SMILES string of the molecule is CC(=O)OC/C(=C\C[P+](=O)POC=O)COc1nc(N)nc(N)n1. The van der Waals surface area contributed by atoms with Gasteiger partial charge >= 0.3 is 28.0 Å². The maximum atomic E-state index is 11.6. The number of aromatic nitrogens is 3. The van der Waals surface area contributed by atoms with E-state index in [1.807, 2.05) is 0 Å². The van der Waals surface area contributed by atoms with Crippen LogP contribution in [0.2, 0.25) is 0 Å². The molecule has 24 heavy (non-hydrogen) atoms. The first-order chi connectivity index (χ1) is 11.4. The fraction of sp³-hybridized carbons (Fsp3) is 0.364. The predicted octanol–water partition coefficient (Wildman–Crippen LogP) is 0.413. The van der Waals surface area contributed by atoms with E-state index < -0.39 is 22.0 Å². The molecule has 0 aliphatic rings. The summed E-state index contributed by atoms with van der Waals surface area (Å²) in [5.41, 5.74) is 11.4. The van der Waals surface area contributed by atoms with Crippen LogP contribution in [0.15, 0.2) is 11.6 Å². The highest BCUT2D eigenvalue weighted by molar-refractivity contribution is 8.13. The van der Waals surface area contributed by atoms with Crippen molar-refractivity contribution in [3.05, 3.63) is 11.6 Å². The predicted molar refractivity (Wildman–Crippen MR) is 86.8 cm³/mol. The number of hydrogen-bond acceptors (Lipinski definition) is 11. The quantitative estimate of drug-likeness (QED) is 0.251. The third-order valence-electron chi connectivity index (χ3n) is 2.25. The number of hydrogen-bond donors (Lipinski definition) is 2. The molecule has 2 atom stereocenters. The lowest BCUT2D eigenvalue weighted by Crippen LogP contribution is -2.13. The minimum Gasteiger partial charge on any atom is -0.461 e. The zero-order valence-corrected chi connectivity index (χ0v) is 14.6. The third-order valence-corrected chi connectivity index (χ3v) is 4.64. The number of rotatable bonds is 10. The molecule has 130 valence electrons. The summed E-state index contributed by atoms with van der Waals surface area (Å²) in [4.78, 5) is 32.1. The molecular weight excluding hydrogens is 360 g/mol. The number of carbonyl (C=O) groups is 2. The average molecular weight is 376 g/mol. The number of nitrogens with two attached hydrogens (primary N) is 2. The molecule has 0 fully saturated rings. The molecule has 0 aliphatic heterocycles. The summed E-state index contributed by atoms with van der Waals surface area (Å²) in [6.07, 6.45) is 1.69. The summed E-state index contributed by atoms with van der Waals surface area (Å²) in [5.74, 6) is -0.679. The number of allylic oxidation sites excluding steroid dienone is 1. The van der Waals surface area contributed by atoms with Crippen molar-refractivity contribution in [1.29, 1.82) is 0 Å². The van der Waals surface area contributed by atoms with Crippen LogP contribution in [-0.4, -0.2) is 46.8 Å². The number of anilines is 2. The van der Waals surface area contributed by atoms with Crippen molar-refractivity contribution in [3.8, 4) is 6.01 Å². The molecule has 2 unspecified atom stereocenters. The van der Waals surface area contributed by atoms with Gasteiger partial charge in [0, 0.05) is 12.5 Å². The van der Waals surface area contributed by atoms with Crippen LogP contribution < -0.4 is 16.2 Å². The fourth-order valence-electron chi connectivity index (χ4n) is 1.29. The summed E-state index contributed by atoms with van der Waals surface area (Å²) in [6, 6.07) is -0.0933. The van der Waals surface area contributed by atoms with Crippen molar-refractivity contribution in [2.75, 3.05) is 30.8 Å². The molecule has 1 aromatic heterocycles. The molecule has 13 heteroatoms. The molecule has 0 saturated heterocycles. The summed E-state index contributed by atoms with van der Waals surface area (Å²) in [5, 5.41) is 0. The lowest BCUT2D eigenvalue weighted by atomic mass is 10.3. The number of esters is 1. The van der Waals surface area contributed by atoms with Gasteiger partial charge in [0.05, 0.1) is 0 Å². The van der Waals surface area contributed by atoms with E-state index in [1.165, 1.54) is 6.92 Å². The van der Waals surface area contributed by atoms with E-state index in [-0.39, 0.29) is 43.8 Å². The van der Waals surface area contributed by atoms with Gasteiger partial charge in [-0.1, -0.05) is 4.57 Å². The van der Waals surface area contributed by atoms with Crippen molar-refractivity contribution in [3.63, 3.8) is 0 Å². The molecule has 0 bridgehead atoms. The van der Waals surface area contributed by atoms with Gasteiger partial charge in [0.1, 0.15) is 13.2 Å². The Kier molecular flexibility index (Phi) is 8.53. The molecule has 0 radical (unpaired) electrons. The Bertz CT molecular complexity index is 621. The number of ether oxygens (including phenoxy) is 2. The molecule has 0 saturated carbocycles. The standard InChI is InChI=1S/C11H16N5O6P2/c1-7(18)20-4-8(2-3-24(19)23-22-6-17)5-21-11-15-9(12)14-10(13)16-11/h2,6,23H,3-5H2,1H3,(H4,12,13,14,15,16)/q+1/b8-2+. The normalized spacial score (nSPS) is 12.0. The first kappa shape index (κ1) is 19.7. The minimum absolute atomic E-state index is 0.0446. The molecule has 0 amide bonds. The fourth-order valence-corrected chi connectivity index (χ4v) is 2.93. The van der Waals surface area contributed by atoms with Crippen LogP contribution >= 0.6 is 16.0 Å². The smallest absolute Gasteiger partial charge is 0.399 e. The minimum atomic E-state index is -1.75. The van der Waals surface area contributed by atoms with E-state index >= 15 is 0 Å². The van der Waals surface area contributed by atoms with Gasteiger partial charge in [0.2, 0.25) is 11.9 Å². The monoisotopic (exact) mass is 376 g/mol. The largest absolute Gasteiger partial charge is 0.461 e. The molecule has 0 aliphatic carbocycles. The lowest BCUT2D eigenvalue weighted by molar-refractivity contribution is -0.140. The van der Waals surface area contributed by atoms with Crippen LogP contribution in [-0.2, 0) is 23.4 Å². The van der Waals surface area contributed by atoms with Crippen LogP contribution in [0.25, 0.3) is 0 Å². The summed E-state index contributed by atoms with van der Waals surface area (Å²) >= 11 is 0. The van der Waals surface area contributed by atoms with Gasteiger partial charge in [-0.2, -0.15) is 15.0 Å². The molecule has 4 N–H and O–H groups in total. The van der Waals surface area contributed by atoms with Crippen molar-refractivity contribution < 1.29 is 28.2 Å². The highest BCUT2D eigenvalue weighted by Crippen LogP contribution is 2.44. The maximum absolute atomic E-state index is 11.6. The van der Waals surface area contributed by atoms with Crippen molar-refractivity contribution >= 4 is 40.3 Å². The van der Waals surface area contributed by atoms with Crippen molar-refractivity contribution in [2.24, 2.45) is 0 Å². The Morgan fingerprint density at radius 3 is 2.50 bits per heavy atom. The number of nitrogens with zero attached hydrogens (tertiary/aromatic N) is 3. The topological polar surface area (TPSA) is 170 Å². The molecule has 1 aromatic rings. The van der Waals surface area contributed by atoms with Gasteiger partial charge in [-0.25, -0.2) is 0 Å². The summed E-state index contributed by atoms with van der Waals surface area (Å²) in [6.45, 7) is 1.38. The molecule has 11 nitrogen and oxygen atoms in total. The van der Waals surface area contributed by atoms with Gasteiger partial charge in [0.25, 0.3) is 6.47 Å². The average Bonchev–Trinajstić information content (AvgIpc) is 2.51. The Morgan fingerprint density at radius 2 is 1.92 bits per heavy atom. The zero-order valence-electron chi connectivity index (χ0n) is 12.7. The van der Waals surface area contributed by atoms with E-state index in [1.54, 1.807) is 6.08 Å². The Hall–Kier alpha value is -2.38. The van der Waals surface area contributed by atoms with Crippen LogP contribution in [0.4, 0.5) is 11.9 Å². The first-order valence-corrected chi connectivity index (χ1v) is 9.61. The Morgan fingerprint density at radius 1 is 1.25 bits per heavy atom. The summed E-state index contributed by atoms with van der Waals surface area (Å²) in [7, 11) is -2.19. The van der Waals surface area contributed by atoms with Crippen LogP contribution in [0, 0.1) is 0 Å². The van der Waals surface area contributed by atoms with Crippen molar-refractivity contribution in [1.82, 2.24) is 15.0 Å². The molecular formula is C11H16N5O6P2+. The molecule has 1 heterocycles. The van der Waals surface area contributed by atoms with E-state index in [4.69, 9.17) is 20.9 Å². The van der Waals surface area contributed by atoms with E-state index in [2.05, 4.69) is 19.5 Å². The van der Waals surface area contributed by atoms with Crippen molar-refractivity contribution in [2.45, 2.75) is 6.92 Å². The van der Waals surface area contributed by atoms with Crippen LogP contribution in [0.3, 0.4) is 0 Å². The highest BCUT2D eigenvalue weighted by atomic mass is 32.0. The highest BCUT2D eigenvalue weighted by Gasteiger charge is 2.16. The molecule has 0 spiro atoms. The molecule has 1 rings (SSSR count). The second kappa shape index (κ2) is 10.4. The van der Waals surface area contributed by atoms with E-state index in [0.29, 0.717) is 5.57 Å². The second-order valence-electron chi connectivity index (χ2n) is 4.13. The molecule has 0 aromatic carbocycles. The maximum Gasteiger partial charge on any atom is 0.399 e. The first-order valence-electron chi connectivity index (χ1n) is 6.41. The summed E-state index contributed by atoms with van der Waals surface area (Å²) < 4.78 is 26.3. The van der Waals surface area contributed by atoms with Gasteiger partial charge in [-0.15, -0.1) is 0 Å². The van der Waals surface area contributed by atoms with Gasteiger partial charge in [-0.3, -0.25) is 9.59 Å². The van der Waals surface area contributed by atoms with Gasteiger partial charge in [-0.05, 0) is 6.08 Å². The Labute approximate surface area is 139 Å². The third kappa shape index (κ3) is 8.30. The number of nitrogen functional groups attached to an aromatic ring is 2. The van der Waals surface area contributed by atoms with Crippen LogP contribution in [0.1, 0.15) is 6.92 Å². The van der Waals surface area contributed by atoms with Gasteiger partial charge < -0.3 is 25.5 Å². The van der Waals surface area contributed by atoms with Gasteiger partial charge in [0.15, 0.2) is 6.16 Å².